The summed E-state index contributed by atoms with van der Waals surface area (Å²) in [7, 11) is 1.61. The van der Waals surface area contributed by atoms with Crippen molar-refractivity contribution in [3.8, 4) is 17.1 Å². The number of nitrogens with one attached hydrogen (secondary N) is 1. The molecule has 1 heterocycles. The Morgan fingerprint density at radius 1 is 1.12 bits per heavy atom. The maximum absolute atomic E-state index is 12.0. The van der Waals surface area contributed by atoms with E-state index >= 15 is 0 Å². The van der Waals surface area contributed by atoms with Crippen molar-refractivity contribution in [2.45, 2.75) is 19.9 Å². The van der Waals surface area contributed by atoms with Gasteiger partial charge in [0.2, 0.25) is 17.6 Å². The number of ether oxygens (including phenoxy) is 1. The van der Waals surface area contributed by atoms with E-state index in [9.17, 15) is 4.79 Å². The maximum atomic E-state index is 12.0. The molecule has 1 aromatic heterocycles. The Kier molecular flexibility index (Phi) is 5.09. The van der Waals surface area contributed by atoms with Gasteiger partial charge in [0.1, 0.15) is 5.75 Å². The minimum absolute atomic E-state index is 0.0898. The fourth-order valence-electron chi connectivity index (χ4n) is 2.31. The van der Waals surface area contributed by atoms with Gasteiger partial charge >= 0.3 is 0 Å². The summed E-state index contributed by atoms with van der Waals surface area (Å²) >= 11 is 0. The molecule has 0 aliphatic rings. The van der Waals surface area contributed by atoms with E-state index in [0.29, 0.717) is 18.1 Å². The van der Waals surface area contributed by atoms with Crippen LogP contribution in [-0.2, 0) is 17.8 Å². The van der Waals surface area contributed by atoms with Gasteiger partial charge in [0.25, 0.3) is 0 Å². The van der Waals surface area contributed by atoms with Crippen LogP contribution >= 0.6 is 0 Å². The van der Waals surface area contributed by atoms with Crippen LogP contribution in [0.15, 0.2) is 53.1 Å². The normalized spacial score (nSPS) is 10.5. The highest BCUT2D eigenvalue weighted by Gasteiger charge is 2.10. The number of benzene rings is 2. The fraction of sp³-hybridized carbons (Fsp3) is 0.211. The number of carbonyl (C=O) groups excluding carboxylic acids is 1. The second-order valence-electron chi connectivity index (χ2n) is 5.68. The molecule has 3 aromatic rings. The molecule has 0 bridgehead atoms. The van der Waals surface area contributed by atoms with Crippen LogP contribution in [0.3, 0.4) is 0 Å². The summed E-state index contributed by atoms with van der Waals surface area (Å²) in [5.74, 6) is 1.51. The van der Waals surface area contributed by atoms with E-state index in [4.69, 9.17) is 9.26 Å². The van der Waals surface area contributed by atoms with Gasteiger partial charge in [0, 0.05) is 5.56 Å². The Morgan fingerprint density at radius 3 is 2.52 bits per heavy atom. The molecule has 0 saturated heterocycles. The van der Waals surface area contributed by atoms with Crippen LogP contribution in [0.4, 0.5) is 0 Å². The van der Waals surface area contributed by atoms with E-state index in [1.165, 1.54) is 5.56 Å². The Bertz CT molecular complexity index is 839. The summed E-state index contributed by atoms with van der Waals surface area (Å²) in [4.78, 5) is 16.3. The summed E-state index contributed by atoms with van der Waals surface area (Å²) in [5.41, 5.74) is 2.95. The molecule has 25 heavy (non-hydrogen) atoms. The van der Waals surface area contributed by atoms with Crippen molar-refractivity contribution in [2.75, 3.05) is 7.11 Å². The lowest BCUT2D eigenvalue weighted by atomic mass is 10.1. The molecular weight excluding hydrogens is 318 g/mol. The summed E-state index contributed by atoms with van der Waals surface area (Å²) in [6.45, 7) is 2.22. The predicted molar refractivity (Wildman–Crippen MR) is 93.0 cm³/mol. The summed E-state index contributed by atoms with van der Waals surface area (Å²) in [6.07, 6.45) is 0.319. The highest BCUT2D eigenvalue weighted by Crippen LogP contribution is 2.19. The van der Waals surface area contributed by atoms with Crippen molar-refractivity contribution in [3.63, 3.8) is 0 Å². The first-order valence-corrected chi connectivity index (χ1v) is 7.93. The zero-order valence-corrected chi connectivity index (χ0v) is 14.2. The molecule has 1 N–H and O–H groups in total. The first kappa shape index (κ1) is 16.7. The molecule has 0 aliphatic carbocycles. The van der Waals surface area contributed by atoms with Gasteiger partial charge in [0.05, 0.1) is 20.1 Å². The monoisotopic (exact) mass is 337 g/mol. The van der Waals surface area contributed by atoms with Crippen LogP contribution in [0.1, 0.15) is 17.0 Å². The quantitative estimate of drug-likeness (QED) is 0.748. The lowest BCUT2D eigenvalue weighted by molar-refractivity contribution is -0.120. The number of hydrogen-bond donors (Lipinski definition) is 1. The number of carbonyl (C=O) groups is 1. The van der Waals surface area contributed by atoms with Gasteiger partial charge in [-0.25, -0.2) is 0 Å². The fourth-order valence-corrected chi connectivity index (χ4v) is 2.31. The first-order valence-electron chi connectivity index (χ1n) is 7.93. The molecule has 6 nitrogen and oxygen atoms in total. The SMILES string of the molecule is COc1ccc(-c2noc(CNC(=O)Cc3ccc(C)cc3)n2)cc1. The Labute approximate surface area is 145 Å². The number of methoxy groups -OCH3 is 1. The Balaban J connectivity index is 1.55. The smallest absolute Gasteiger partial charge is 0.246 e. The molecule has 2 aromatic carbocycles. The lowest BCUT2D eigenvalue weighted by Gasteiger charge is -2.03. The highest BCUT2D eigenvalue weighted by molar-refractivity contribution is 5.78. The molecule has 128 valence electrons. The largest absolute Gasteiger partial charge is 0.497 e. The number of aryl methyl sites for hydroxylation is 1. The van der Waals surface area contributed by atoms with E-state index in [1.807, 2.05) is 55.5 Å². The average molecular weight is 337 g/mol. The van der Waals surface area contributed by atoms with Crippen LogP contribution in [-0.4, -0.2) is 23.2 Å². The van der Waals surface area contributed by atoms with E-state index < -0.39 is 0 Å². The van der Waals surface area contributed by atoms with E-state index in [2.05, 4.69) is 15.5 Å². The molecule has 0 unspecified atom stereocenters. The molecule has 0 spiro atoms. The Morgan fingerprint density at radius 2 is 1.84 bits per heavy atom. The van der Waals surface area contributed by atoms with Crippen LogP contribution in [0.25, 0.3) is 11.4 Å². The van der Waals surface area contributed by atoms with Crippen molar-refractivity contribution in [1.82, 2.24) is 15.5 Å². The van der Waals surface area contributed by atoms with Crippen LogP contribution in [0, 0.1) is 6.92 Å². The predicted octanol–water partition coefficient (Wildman–Crippen LogP) is 2.91. The minimum atomic E-state index is -0.0898. The number of nitrogens with zero attached hydrogens (tertiary/aromatic N) is 2. The van der Waals surface area contributed by atoms with Gasteiger partial charge in [-0.1, -0.05) is 35.0 Å². The minimum Gasteiger partial charge on any atom is -0.497 e. The summed E-state index contributed by atoms with van der Waals surface area (Å²) in [5, 5.41) is 6.73. The van der Waals surface area contributed by atoms with Crippen molar-refractivity contribution in [3.05, 3.63) is 65.5 Å². The molecule has 0 fully saturated rings. The zero-order chi connectivity index (χ0) is 17.6. The molecular formula is C19H19N3O3. The van der Waals surface area contributed by atoms with Crippen molar-refractivity contribution in [2.24, 2.45) is 0 Å². The van der Waals surface area contributed by atoms with Crippen LogP contribution in [0.5, 0.6) is 5.75 Å². The van der Waals surface area contributed by atoms with Crippen molar-refractivity contribution >= 4 is 5.91 Å². The molecule has 0 saturated carbocycles. The highest BCUT2D eigenvalue weighted by atomic mass is 16.5. The van der Waals surface area contributed by atoms with E-state index in [-0.39, 0.29) is 12.5 Å². The van der Waals surface area contributed by atoms with Crippen molar-refractivity contribution < 1.29 is 14.1 Å². The van der Waals surface area contributed by atoms with Crippen LogP contribution in [0.2, 0.25) is 0 Å². The van der Waals surface area contributed by atoms with Gasteiger partial charge < -0.3 is 14.6 Å². The summed E-state index contributed by atoms with van der Waals surface area (Å²) in [6, 6.07) is 15.2. The standard InChI is InChI=1S/C19H19N3O3/c1-13-3-5-14(6-4-13)11-17(23)20-12-18-21-19(22-25-18)15-7-9-16(24-2)10-8-15/h3-10H,11-12H2,1-2H3,(H,20,23). The van der Waals surface area contributed by atoms with E-state index in [0.717, 1.165) is 16.9 Å². The molecule has 3 rings (SSSR count). The maximum Gasteiger partial charge on any atom is 0.246 e. The average Bonchev–Trinajstić information content (AvgIpc) is 3.11. The third kappa shape index (κ3) is 4.44. The van der Waals surface area contributed by atoms with Gasteiger partial charge in [-0.05, 0) is 36.8 Å². The van der Waals surface area contributed by atoms with Gasteiger partial charge in [0.15, 0.2) is 0 Å². The summed E-state index contributed by atoms with van der Waals surface area (Å²) < 4.78 is 10.3. The third-order valence-electron chi connectivity index (χ3n) is 3.74. The van der Waals surface area contributed by atoms with Gasteiger partial charge in [-0.15, -0.1) is 0 Å². The first-order chi connectivity index (χ1) is 12.1. The number of aromatic nitrogens is 2. The van der Waals surface area contributed by atoms with Gasteiger partial charge in [-0.3, -0.25) is 4.79 Å². The molecule has 0 radical (unpaired) electrons. The molecule has 0 atom stereocenters. The lowest BCUT2D eigenvalue weighted by Crippen LogP contribution is -2.24. The second-order valence-corrected chi connectivity index (χ2v) is 5.68. The van der Waals surface area contributed by atoms with Crippen LogP contribution < -0.4 is 10.1 Å². The third-order valence-corrected chi connectivity index (χ3v) is 3.74. The second kappa shape index (κ2) is 7.61. The molecule has 6 heteroatoms. The zero-order valence-electron chi connectivity index (χ0n) is 14.2. The number of hydrogen-bond acceptors (Lipinski definition) is 5. The molecule has 1 amide bonds. The van der Waals surface area contributed by atoms with E-state index in [1.54, 1.807) is 7.11 Å². The Hall–Kier alpha value is -3.15. The van der Waals surface area contributed by atoms with Gasteiger partial charge in [-0.2, -0.15) is 4.98 Å². The van der Waals surface area contributed by atoms with Crippen molar-refractivity contribution in [1.29, 1.82) is 0 Å². The topological polar surface area (TPSA) is 77.3 Å². The molecule has 0 aliphatic heterocycles. The number of amides is 1. The number of rotatable bonds is 6.